The molecule has 1 unspecified atom stereocenters. The fourth-order valence-electron chi connectivity index (χ4n) is 1.83. The van der Waals surface area contributed by atoms with Gasteiger partial charge < -0.3 is 19.9 Å². The summed E-state index contributed by atoms with van der Waals surface area (Å²) in [5, 5.41) is 13.2. The van der Waals surface area contributed by atoms with Crippen LogP contribution in [0, 0.1) is 0 Å². The summed E-state index contributed by atoms with van der Waals surface area (Å²) in [4.78, 5) is 0. The van der Waals surface area contributed by atoms with Crippen molar-refractivity contribution in [1.29, 1.82) is 0 Å². The summed E-state index contributed by atoms with van der Waals surface area (Å²) >= 11 is 3.37. The van der Waals surface area contributed by atoms with Crippen molar-refractivity contribution in [2.45, 2.75) is 12.0 Å². The summed E-state index contributed by atoms with van der Waals surface area (Å²) < 4.78 is 11.8. The lowest BCUT2D eigenvalue weighted by atomic mass is 10.0. The van der Waals surface area contributed by atoms with Crippen LogP contribution in [-0.2, 0) is 4.74 Å². The Hall–Kier alpha value is -0.620. The minimum absolute atomic E-state index is 0.424. The highest BCUT2D eigenvalue weighted by atomic mass is 79.9. The van der Waals surface area contributed by atoms with E-state index in [9.17, 15) is 5.11 Å². The Morgan fingerprint density at radius 2 is 2.17 bits per heavy atom. The third-order valence-corrected chi connectivity index (χ3v) is 3.43. The third kappa shape index (κ3) is 4.24. The van der Waals surface area contributed by atoms with Gasteiger partial charge in [-0.2, -0.15) is 0 Å². The Labute approximate surface area is 115 Å². The molecule has 0 bridgehead atoms. The Kier molecular flexibility index (Phi) is 5.00. The summed E-state index contributed by atoms with van der Waals surface area (Å²) in [7, 11) is 0. The molecule has 1 aliphatic heterocycles. The highest BCUT2D eigenvalue weighted by Crippen LogP contribution is 2.17. The number of hydrogen-bond acceptors (Lipinski definition) is 4. The predicted octanol–water partition coefficient (Wildman–Crippen LogP) is 1.57. The number of hydrogen-bond donors (Lipinski definition) is 2. The van der Waals surface area contributed by atoms with Gasteiger partial charge in [-0.25, -0.2) is 0 Å². The molecule has 0 radical (unpaired) electrons. The summed E-state index contributed by atoms with van der Waals surface area (Å²) in [5.74, 6) is 0.850. The van der Waals surface area contributed by atoms with Gasteiger partial charge in [-0.15, -0.1) is 0 Å². The summed E-state index contributed by atoms with van der Waals surface area (Å²) in [6.45, 7) is 2.91. The van der Waals surface area contributed by atoms with Crippen LogP contribution in [0.2, 0.25) is 0 Å². The molecule has 18 heavy (non-hydrogen) atoms. The van der Waals surface area contributed by atoms with Crippen LogP contribution in [0.4, 0.5) is 0 Å². The van der Waals surface area contributed by atoms with Crippen LogP contribution < -0.4 is 10.1 Å². The highest BCUT2D eigenvalue weighted by molar-refractivity contribution is 9.10. The SMILES string of the molecule is OC1(CNCCOc2ccc(Br)cc2)CCOC1. The normalized spacial score (nSPS) is 23.2. The van der Waals surface area contributed by atoms with E-state index in [4.69, 9.17) is 9.47 Å². The maximum absolute atomic E-state index is 10.0. The lowest BCUT2D eigenvalue weighted by Crippen LogP contribution is -2.42. The van der Waals surface area contributed by atoms with Crippen molar-refractivity contribution < 1.29 is 14.6 Å². The van der Waals surface area contributed by atoms with Crippen LogP contribution in [-0.4, -0.2) is 43.6 Å². The zero-order valence-electron chi connectivity index (χ0n) is 10.2. The minimum atomic E-state index is -0.697. The molecular weight excluding hydrogens is 298 g/mol. The van der Waals surface area contributed by atoms with Crippen molar-refractivity contribution in [1.82, 2.24) is 5.32 Å². The number of rotatable bonds is 6. The molecule has 2 rings (SSSR count). The van der Waals surface area contributed by atoms with Crippen molar-refractivity contribution >= 4 is 15.9 Å². The van der Waals surface area contributed by atoms with E-state index in [0.717, 1.165) is 10.2 Å². The lowest BCUT2D eigenvalue weighted by molar-refractivity contribution is 0.0266. The molecule has 0 aromatic heterocycles. The first-order chi connectivity index (χ1) is 8.68. The molecule has 1 saturated heterocycles. The molecule has 1 aliphatic rings. The van der Waals surface area contributed by atoms with E-state index in [1.807, 2.05) is 24.3 Å². The molecule has 1 heterocycles. The van der Waals surface area contributed by atoms with E-state index in [0.29, 0.717) is 39.3 Å². The Morgan fingerprint density at radius 3 is 2.83 bits per heavy atom. The van der Waals surface area contributed by atoms with Crippen molar-refractivity contribution in [3.63, 3.8) is 0 Å². The Bertz CT molecular complexity index is 363. The molecule has 0 amide bonds. The van der Waals surface area contributed by atoms with Crippen LogP contribution in [0.15, 0.2) is 28.7 Å². The van der Waals surface area contributed by atoms with Crippen molar-refractivity contribution in [3.05, 3.63) is 28.7 Å². The fraction of sp³-hybridized carbons (Fsp3) is 0.538. The molecule has 1 aromatic rings. The van der Waals surface area contributed by atoms with Crippen LogP contribution >= 0.6 is 15.9 Å². The Morgan fingerprint density at radius 1 is 1.39 bits per heavy atom. The Balaban J connectivity index is 1.60. The van der Waals surface area contributed by atoms with Crippen LogP contribution in [0.3, 0.4) is 0 Å². The smallest absolute Gasteiger partial charge is 0.119 e. The van der Waals surface area contributed by atoms with Crippen molar-refractivity contribution in [2.75, 3.05) is 32.9 Å². The van der Waals surface area contributed by atoms with E-state index in [2.05, 4.69) is 21.2 Å². The van der Waals surface area contributed by atoms with Gasteiger partial charge in [0.2, 0.25) is 0 Å². The van der Waals surface area contributed by atoms with Gasteiger partial charge in [0, 0.05) is 30.6 Å². The standard InChI is InChI=1S/C13H18BrNO3/c14-11-1-3-12(4-2-11)18-8-6-15-9-13(16)5-7-17-10-13/h1-4,15-16H,5-10H2. The molecule has 1 atom stereocenters. The first-order valence-corrected chi connectivity index (χ1v) is 6.86. The number of nitrogens with one attached hydrogen (secondary N) is 1. The third-order valence-electron chi connectivity index (χ3n) is 2.90. The van der Waals surface area contributed by atoms with Gasteiger partial charge in [0.1, 0.15) is 18.0 Å². The maximum atomic E-state index is 10.0. The van der Waals surface area contributed by atoms with Gasteiger partial charge >= 0.3 is 0 Å². The largest absolute Gasteiger partial charge is 0.492 e. The second-order valence-electron chi connectivity index (χ2n) is 4.51. The van der Waals surface area contributed by atoms with Crippen LogP contribution in [0.1, 0.15) is 6.42 Å². The minimum Gasteiger partial charge on any atom is -0.492 e. The second-order valence-corrected chi connectivity index (χ2v) is 5.42. The monoisotopic (exact) mass is 315 g/mol. The first kappa shape index (κ1) is 13.8. The molecule has 0 spiro atoms. The van der Waals surface area contributed by atoms with E-state index in [1.54, 1.807) is 0 Å². The van der Waals surface area contributed by atoms with E-state index in [1.165, 1.54) is 0 Å². The molecule has 4 nitrogen and oxygen atoms in total. The quantitative estimate of drug-likeness (QED) is 0.782. The van der Waals surface area contributed by atoms with E-state index < -0.39 is 5.60 Å². The molecule has 1 aromatic carbocycles. The maximum Gasteiger partial charge on any atom is 0.119 e. The van der Waals surface area contributed by atoms with Gasteiger partial charge in [-0.3, -0.25) is 0 Å². The number of benzene rings is 1. The highest BCUT2D eigenvalue weighted by Gasteiger charge is 2.31. The van der Waals surface area contributed by atoms with Crippen LogP contribution in [0.5, 0.6) is 5.75 Å². The zero-order chi connectivity index (χ0) is 12.8. The second kappa shape index (κ2) is 6.52. The summed E-state index contributed by atoms with van der Waals surface area (Å²) in [6.07, 6.45) is 0.702. The lowest BCUT2D eigenvalue weighted by Gasteiger charge is -2.20. The zero-order valence-corrected chi connectivity index (χ0v) is 11.8. The molecule has 2 N–H and O–H groups in total. The average molecular weight is 316 g/mol. The van der Waals surface area contributed by atoms with Gasteiger partial charge in [0.25, 0.3) is 0 Å². The molecule has 0 saturated carbocycles. The van der Waals surface area contributed by atoms with Gasteiger partial charge in [-0.1, -0.05) is 15.9 Å². The van der Waals surface area contributed by atoms with Crippen LogP contribution in [0.25, 0.3) is 0 Å². The van der Waals surface area contributed by atoms with Crippen molar-refractivity contribution in [2.24, 2.45) is 0 Å². The molecular formula is C13H18BrNO3. The topological polar surface area (TPSA) is 50.7 Å². The first-order valence-electron chi connectivity index (χ1n) is 6.07. The average Bonchev–Trinajstić information content (AvgIpc) is 2.78. The molecule has 100 valence electrons. The summed E-state index contributed by atoms with van der Waals surface area (Å²) in [6, 6.07) is 7.73. The molecule has 1 fully saturated rings. The van der Waals surface area contributed by atoms with E-state index in [-0.39, 0.29) is 0 Å². The van der Waals surface area contributed by atoms with Gasteiger partial charge in [0.05, 0.1) is 6.61 Å². The fourth-order valence-corrected chi connectivity index (χ4v) is 2.09. The summed E-state index contributed by atoms with van der Waals surface area (Å²) in [5.41, 5.74) is -0.697. The number of halogens is 1. The molecule has 0 aliphatic carbocycles. The van der Waals surface area contributed by atoms with Crippen molar-refractivity contribution in [3.8, 4) is 5.75 Å². The van der Waals surface area contributed by atoms with Gasteiger partial charge in [0.15, 0.2) is 0 Å². The number of ether oxygens (including phenoxy) is 2. The predicted molar refractivity (Wildman–Crippen MR) is 72.9 cm³/mol. The van der Waals surface area contributed by atoms with Gasteiger partial charge in [-0.05, 0) is 24.3 Å². The molecule has 5 heteroatoms. The van der Waals surface area contributed by atoms with E-state index >= 15 is 0 Å². The number of aliphatic hydroxyl groups is 1.